The Bertz CT molecular complexity index is 1270. The van der Waals surface area contributed by atoms with E-state index in [1.165, 1.54) is 11.0 Å². The van der Waals surface area contributed by atoms with Crippen LogP contribution in [0.3, 0.4) is 0 Å². The predicted octanol–water partition coefficient (Wildman–Crippen LogP) is 2.10. The molecule has 0 fully saturated rings. The van der Waals surface area contributed by atoms with Gasteiger partial charge in [0.2, 0.25) is 11.8 Å². The van der Waals surface area contributed by atoms with E-state index >= 15 is 0 Å². The molecule has 13 heteroatoms. The second kappa shape index (κ2) is 7.30. The molecule has 0 atom stereocenters. The second-order valence-corrected chi connectivity index (χ2v) is 6.72. The molecule has 0 amide bonds. The molecule has 0 aliphatic carbocycles. The van der Waals surface area contributed by atoms with Crippen molar-refractivity contribution in [2.45, 2.75) is 11.9 Å². The fraction of sp³-hybridized carbons (Fsp3) is 0.176. The van der Waals surface area contributed by atoms with E-state index < -0.39 is 22.1 Å². The fourth-order valence-electron chi connectivity index (χ4n) is 2.61. The zero-order valence-corrected chi connectivity index (χ0v) is 15.9. The lowest BCUT2D eigenvalue weighted by Gasteiger charge is -2.13. The van der Waals surface area contributed by atoms with Gasteiger partial charge in [0.05, 0.1) is 0 Å². The normalized spacial score (nSPS) is 11.7. The van der Waals surface area contributed by atoms with Crippen molar-refractivity contribution in [1.82, 2.24) is 24.9 Å². The minimum Gasteiger partial charge on any atom is -0.376 e. The quantitative estimate of drug-likeness (QED) is 0.331. The Balaban J connectivity index is 1.44. The van der Waals surface area contributed by atoms with Gasteiger partial charge in [-0.2, -0.15) is 13.8 Å². The average Bonchev–Trinajstić information content (AvgIpc) is 3.36. The van der Waals surface area contributed by atoms with Crippen molar-refractivity contribution in [2.24, 2.45) is 7.05 Å². The number of alkyl halides is 3. The molecule has 0 bridgehead atoms. The van der Waals surface area contributed by atoms with Crippen molar-refractivity contribution >= 4 is 28.9 Å². The van der Waals surface area contributed by atoms with Gasteiger partial charge in [-0.1, -0.05) is 29.4 Å². The Morgan fingerprint density at radius 3 is 2.47 bits per heavy atom. The standard InChI is InChI=1S/C17H12ClF2N7O3/c1-27-7-22-16(25-27)23-11-10(12(28)13(11)29)21-6-8-2-4-9(5-3-8)14-24-15(30-26-14)17(18,19)20/h2-5,7,21H,6H2,1H3,(H,23,25). The highest BCUT2D eigenvalue weighted by molar-refractivity contribution is 6.21. The van der Waals surface area contributed by atoms with E-state index in [9.17, 15) is 18.4 Å². The number of anilines is 3. The molecule has 2 aromatic heterocycles. The third-order valence-corrected chi connectivity index (χ3v) is 4.26. The maximum absolute atomic E-state index is 13.0. The number of hydrogen-bond donors (Lipinski definition) is 2. The van der Waals surface area contributed by atoms with Gasteiger partial charge in [0.25, 0.3) is 10.9 Å². The topological polar surface area (TPSA) is 128 Å². The predicted molar refractivity (Wildman–Crippen MR) is 102 cm³/mol. The number of nitrogens with one attached hydrogen (secondary N) is 2. The zero-order chi connectivity index (χ0) is 21.5. The highest BCUT2D eigenvalue weighted by Crippen LogP contribution is 2.32. The average molecular weight is 436 g/mol. The summed E-state index contributed by atoms with van der Waals surface area (Å²) in [6, 6.07) is 6.54. The van der Waals surface area contributed by atoms with Crippen LogP contribution < -0.4 is 21.5 Å². The molecule has 2 heterocycles. The molecule has 0 saturated heterocycles. The van der Waals surface area contributed by atoms with E-state index in [0.29, 0.717) is 5.56 Å². The Morgan fingerprint density at radius 1 is 1.17 bits per heavy atom. The van der Waals surface area contributed by atoms with Crippen molar-refractivity contribution in [2.75, 3.05) is 10.6 Å². The van der Waals surface area contributed by atoms with Gasteiger partial charge in [-0.3, -0.25) is 14.3 Å². The molecule has 30 heavy (non-hydrogen) atoms. The zero-order valence-electron chi connectivity index (χ0n) is 15.2. The van der Waals surface area contributed by atoms with Crippen LogP contribution in [0.2, 0.25) is 0 Å². The van der Waals surface area contributed by atoms with Gasteiger partial charge in [-0.15, -0.1) is 5.10 Å². The van der Waals surface area contributed by atoms with Crippen molar-refractivity contribution < 1.29 is 13.3 Å². The monoisotopic (exact) mass is 435 g/mol. The SMILES string of the molecule is Cn1cnc(Nc2c(NCc3ccc(-c4noc(C(F)(F)Cl)n4)cc3)c(=O)c2=O)n1. The Labute approximate surface area is 171 Å². The van der Waals surface area contributed by atoms with Crippen LogP contribution in [-0.2, 0) is 19.0 Å². The lowest BCUT2D eigenvalue weighted by atomic mass is 10.1. The van der Waals surface area contributed by atoms with Crippen LogP contribution in [0.5, 0.6) is 0 Å². The molecule has 2 aromatic carbocycles. The summed E-state index contributed by atoms with van der Waals surface area (Å²) in [5, 5.41) is 9.33. The maximum atomic E-state index is 13.0. The third-order valence-electron chi connectivity index (χ3n) is 4.10. The number of hydrogen-bond acceptors (Lipinski definition) is 9. The van der Waals surface area contributed by atoms with E-state index in [0.717, 1.165) is 5.56 Å². The molecule has 0 unspecified atom stereocenters. The molecule has 4 aromatic rings. The second-order valence-electron chi connectivity index (χ2n) is 6.25. The van der Waals surface area contributed by atoms with E-state index in [1.54, 1.807) is 31.3 Å². The highest BCUT2D eigenvalue weighted by atomic mass is 35.5. The first kappa shape index (κ1) is 19.6. The van der Waals surface area contributed by atoms with Gasteiger partial charge in [0.15, 0.2) is 0 Å². The molecule has 4 rings (SSSR count). The summed E-state index contributed by atoms with van der Waals surface area (Å²) in [6.07, 6.45) is 1.45. The molecule has 0 aliphatic rings. The van der Waals surface area contributed by atoms with E-state index in [2.05, 4.69) is 35.4 Å². The van der Waals surface area contributed by atoms with Crippen LogP contribution in [-0.4, -0.2) is 24.9 Å². The molecular weight excluding hydrogens is 424 g/mol. The number of aromatic nitrogens is 5. The highest BCUT2D eigenvalue weighted by Gasteiger charge is 2.35. The summed E-state index contributed by atoms with van der Waals surface area (Å²) >= 11 is 4.85. The summed E-state index contributed by atoms with van der Waals surface area (Å²) in [6.45, 7) is 0.229. The van der Waals surface area contributed by atoms with Gasteiger partial charge in [0.1, 0.15) is 17.7 Å². The number of nitrogens with zero attached hydrogens (tertiary/aromatic N) is 5. The molecule has 10 nitrogen and oxygen atoms in total. The Hall–Kier alpha value is -3.67. The summed E-state index contributed by atoms with van der Waals surface area (Å²) in [5.74, 6) is -0.840. The van der Waals surface area contributed by atoms with Crippen molar-refractivity contribution in [3.05, 3.63) is 62.5 Å². The van der Waals surface area contributed by atoms with Crippen LogP contribution in [0.4, 0.5) is 26.1 Å². The Morgan fingerprint density at radius 2 is 1.87 bits per heavy atom. The number of benzene rings is 1. The third kappa shape index (κ3) is 3.76. The molecule has 0 radical (unpaired) electrons. The maximum Gasteiger partial charge on any atom is 0.400 e. The van der Waals surface area contributed by atoms with Crippen LogP contribution in [0.1, 0.15) is 11.5 Å². The molecular formula is C17H12ClF2N7O3. The molecule has 0 saturated carbocycles. The minimum atomic E-state index is -3.74. The molecule has 154 valence electrons. The summed E-state index contributed by atoms with van der Waals surface area (Å²) in [4.78, 5) is 31.2. The first-order valence-electron chi connectivity index (χ1n) is 8.42. The van der Waals surface area contributed by atoms with E-state index in [1.807, 2.05) is 0 Å². The van der Waals surface area contributed by atoms with Crippen LogP contribution in [0.15, 0.2) is 44.7 Å². The smallest absolute Gasteiger partial charge is 0.376 e. The van der Waals surface area contributed by atoms with Crippen LogP contribution in [0, 0.1) is 0 Å². The lowest BCUT2D eigenvalue weighted by Crippen LogP contribution is -2.36. The largest absolute Gasteiger partial charge is 0.400 e. The molecule has 2 N–H and O–H groups in total. The van der Waals surface area contributed by atoms with Crippen molar-refractivity contribution in [1.29, 1.82) is 0 Å². The first-order chi connectivity index (χ1) is 14.2. The minimum absolute atomic E-state index is 0.0401. The Kier molecular flexibility index (Phi) is 4.78. The summed E-state index contributed by atoms with van der Waals surface area (Å²) in [5.41, 5.74) is 0.0935. The van der Waals surface area contributed by atoms with E-state index in [-0.39, 0.29) is 29.7 Å². The van der Waals surface area contributed by atoms with Gasteiger partial charge in [0, 0.05) is 19.2 Å². The van der Waals surface area contributed by atoms with Gasteiger partial charge in [-0.05, 0) is 17.2 Å². The van der Waals surface area contributed by atoms with Gasteiger partial charge < -0.3 is 15.2 Å². The van der Waals surface area contributed by atoms with Crippen LogP contribution >= 0.6 is 11.6 Å². The molecule has 0 spiro atoms. The number of aryl methyl sites for hydroxylation is 1. The van der Waals surface area contributed by atoms with E-state index in [4.69, 9.17) is 11.6 Å². The van der Waals surface area contributed by atoms with Crippen molar-refractivity contribution in [3.8, 4) is 11.4 Å². The van der Waals surface area contributed by atoms with Crippen LogP contribution in [0.25, 0.3) is 11.4 Å². The fourth-order valence-corrected chi connectivity index (χ4v) is 2.68. The lowest BCUT2D eigenvalue weighted by molar-refractivity contribution is 0.0551. The summed E-state index contributed by atoms with van der Waals surface area (Å²) < 4.78 is 31.9. The van der Waals surface area contributed by atoms with Gasteiger partial charge >= 0.3 is 11.3 Å². The van der Waals surface area contributed by atoms with Gasteiger partial charge in [-0.25, -0.2) is 4.98 Å². The number of halogens is 3. The first-order valence-corrected chi connectivity index (χ1v) is 8.80. The van der Waals surface area contributed by atoms with Crippen molar-refractivity contribution in [3.63, 3.8) is 0 Å². The molecule has 0 aliphatic heterocycles. The number of rotatable bonds is 7. The summed E-state index contributed by atoms with van der Waals surface area (Å²) in [7, 11) is 1.67.